The molecule has 0 amide bonds. The van der Waals surface area contributed by atoms with Gasteiger partial charge in [0.05, 0.1) is 19.9 Å². The number of rotatable bonds is 6. The number of methoxy groups -OCH3 is 2. The second kappa shape index (κ2) is 7.63. The van der Waals surface area contributed by atoms with Crippen LogP contribution in [-0.4, -0.2) is 32.8 Å². The first-order valence-corrected chi connectivity index (χ1v) is 9.57. The van der Waals surface area contributed by atoms with Crippen LogP contribution in [0.15, 0.2) is 59.5 Å². The lowest BCUT2D eigenvalue weighted by Crippen LogP contribution is -2.14. The maximum absolute atomic E-state index is 12.7. The highest BCUT2D eigenvalue weighted by atomic mass is 32.2. The van der Waals surface area contributed by atoms with E-state index in [0.29, 0.717) is 23.0 Å². The standard InChI is InChI=1S/C19H19N3O4S/c1-13-4-10-17(25-2)18(12-13)27(23,24)22-15-7-5-14(6-8-15)16-9-11-19(26-3)21-20-16/h4-12,22H,1-3H3. The van der Waals surface area contributed by atoms with Crippen molar-refractivity contribution in [3.8, 4) is 22.9 Å². The largest absolute Gasteiger partial charge is 0.495 e. The van der Waals surface area contributed by atoms with Gasteiger partial charge in [0, 0.05) is 17.3 Å². The number of hydrogen-bond donors (Lipinski definition) is 1. The Morgan fingerprint density at radius 2 is 1.63 bits per heavy atom. The summed E-state index contributed by atoms with van der Waals surface area (Å²) < 4.78 is 38.2. The maximum Gasteiger partial charge on any atom is 0.265 e. The van der Waals surface area contributed by atoms with Crippen LogP contribution >= 0.6 is 0 Å². The van der Waals surface area contributed by atoms with Gasteiger partial charge in [0.15, 0.2) is 0 Å². The van der Waals surface area contributed by atoms with E-state index in [0.717, 1.165) is 11.1 Å². The first-order chi connectivity index (χ1) is 12.9. The van der Waals surface area contributed by atoms with Crippen molar-refractivity contribution in [3.63, 3.8) is 0 Å². The van der Waals surface area contributed by atoms with Gasteiger partial charge in [-0.15, -0.1) is 10.2 Å². The molecular weight excluding hydrogens is 366 g/mol. The monoisotopic (exact) mass is 385 g/mol. The maximum atomic E-state index is 12.7. The van der Waals surface area contributed by atoms with Gasteiger partial charge in [-0.2, -0.15) is 0 Å². The molecule has 0 aliphatic carbocycles. The average molecular weight is 385 g/mol. The molecule has 0 saturated heterocycles. The van der Waals surface area contributed by atoms with Crippen LogP contribution < -0.4 is 14.2 Å². The van der Waals surface area contributed by atoms with Crippen molar-refractivity contribution < 1.29 is 17.9 Å². The van der Waals surface area contributed by atoms with Crippen LogP contribution in [0.3, 0.4) is 0 Å². The summed E-state index contributed by atoms with van der Waals surface area (Å²) in [5, 5.41) is 8.00. The Hall–Kier alpha value is -3.13. The number of nitrogens with zero attached hydrogens (tertiary/aromatic N) is 2. The number of aryl methyl sites for hydroxylation is 1. The SMILES string of the molecule is COc1ccc(-c2ccc(NS(=O)(=O)c3cc(C)ccc3OC)cc2)nn1. The van der Waals surface area contributed by atoms with Gasteiger partial charge in [0.1, 0.15) is 10.6 Å². The van der Waals surface area contributed by atoms with Crippen molar-refractivity contribution in [1.82, 2.24) is 10.2 Å². The van der Waals surface area contributed by atoms with Crippen LogP contribution in [0.1, 0.15) is 5.56 Å². The summed E-state index contributed by atoms with van der Waals surface area (Å²) in [6.45, 7) is 1.82. The Morgan fingerprint density at radius 3 is 2.22 bits per heavy atom. The molecule has 7 nitrogen and oxygen atoms in total. The van der Waals surface area contributed by atoms with Crippen molar-refractivity contribution in [2.75, 3.05) is 18.9 Å². The minimum absolute atomic E-state index is 0.0927. The third kappa shape index (κ3) is 4.17. The fourth-order valence-electron chi connectivity index (χ4n) is 2.50. The zero-order valence-electron chi connectivity index (χ0n) is 15.1. The summed E-state index contributed by atoms with van der Waals surface area (Å²) in [5.41, 5.74) is 2.72. The van der Waals surface area contributed by atoms with E-state index in [1.807, 2.05) is 6.92 Å². The van der Waals surface area contributed by atoms with Crippen LogP contribution in [-0.2, 0) is 10.0 Å². The average Bonchev–Trinajstić information content (AvgIpc) is 2.68. The molecule has 0 unspecified atom stereocenters. The summed E-state index contributed by atoms with van der Waals surface area (Å²) in [7, 11) is -0.824. The second-order valence-electron chi connectivity index (χ2n) is 5.80. The quantitative estimate of drug-likeness (QED) is 0.700. The molecule has 27 heavy (non-hydrogen) atoms. The number of nitrogens with one attached hydrogen (secondary N) is 1. The molecule has 0 fully saturated rings. The number of sulfonamides is 1. The molecular formula is C19H19N3O4S. The van der Waals surface area contributed by atoms with Crippen molar-refractivity contribution in [3.05, 3.63) is 60.2 Å². The minimum Gasteiger partial charge on any atom is -0.495 e. The van der Waals surface area contributed by atoms with Gasteiger partial charge >= 0.3 is 0 Å². The van der Waals surface area contributed by atoms with E-state index >= 15 is 0 Å². The Labute approximate surface area is 158 Å². The predicted octanol–water partition coefficient (Wildman–Crippen LogP) is 3.27. The fraction of sp³-hybridized carbons (Fsp3) is 0.158. The van der Waals surface area contributed by atoms with E-state index in [-0.39, 0.29) is 4.90 Å². The summed E-state index contributed by atoms with van der Waals surface area (Å²) in [6.07, 6.45) is 0. The summed E-state index contributed by atoms with van der Waals surface area (Å²) >= 11 is 0. The summed E-state index contributed by atoms with van der Waals surface area (Å²) in [5.74, 6) is 0.716. The van der Waals surface area contributed by atoms with E-state index < -0.39 is 10.0 Å². The Kier molecular flexibility index (Phi) is 5.27. The molecule has 1 N–H and O–H groups in total. The molecule has 0 saturated carbocycles. The summed E-state index contributed by atoms with van der Waals surface area (Å²) in [6, 6.07) is 15.4. The number of aromatic nitrogens is 2. The minimum atomic E-state index is -3.78. The van der Waals surface area contributed by atoms with Crippen LogP contribution in [0.5, 0.6) is 11.6 Å². The third-order valence-corrected chi connectivity index (χ3v) is 5.29. The van der Waals surface area contributed by atoms with Gasteiger partial charge in [-0.3, -0.25) is 4.72 Å². The lowest BCUT2D eigenvalue weighted by atomic mass is 10.1. The first-order valence-electron chi connectivity index (χ1n) is 8.08. The molecule has 0 aliphatic rings. The molecule has 3 rings (SSSR count). The van der Waals surface area contributed by atoms with Crippen LogP contribution in [0.4, 0.5) is 5.69 Å². The van der Waals surface area contributed by atoms with Gasteiger partial charge in [0.2, 0.25) is 5.88 Å². The topological polar surface area (TPSA) is 90.4 Å². The van der Waals surface area contributed by atoms with E-state index in [4.69, 9.17) is 9.47 Å². The molecule has 0 aliphatic heterocycles. The zero-order valence-corrected chi connectivity index (χ0v) is 15.9. The molecule has 2 aromatic carbocycles. The lowest BCUT2D eigenvalue weighted by molar-refractivity contribution is 0.392. The smallest absolute Gasteiger partial charge is 0.265 e. The van der Waals surface area contributed by atoms with Gasteiger partial charge in [-0.05, 0) is 42.8 Å². The molecule has 0 bridgehead atoms. The summed E-state index contributed by atoms with van der Waals surface area (Å²) in [4.78, 5) is 0.0927. The Balaban J connectivity index is 1.84. The highest BCUT2D eigenvalue weighted by Crippen LogP contribution is 2.27. The zero-order chi connectivity index (χ0) is 19.4. The molecule has 0 radical (unpaired) electrons. The van der Waals surface area contributed by atoms with Gasteiger partial charge in [-0.1, -0.05) is 18.2 Å². The number of anilines is 1. The number of hydrogen-bond acceptors (Lipinski definition) is 6. The first kappa shape index (κ1) is 18.7. The number of ether oxygens (including phenoxy) is 2. The van der Waals surface area contributed by atoms with Gasteiger partial charge in [-0.25, -0.2) is 8.42 Å². The van der Waals surface area contributed by atoms with Crippen molar-refractivity contribution >= 4 is 15.7 Å². The van der Waals surface area contributed by atoms with Gasteiger partial charge in [0.25, 0.3) is 10.0 Å². The van der Waals surface area contributed by atoms with E-state index in [2.05, 4.69) is 14.9 Å². The Bertz CT molecular complexity index is 1030. The van der Waals surface area contributed by atoms with Crippen LogP contribution in [0, 0.1) is 6.92 Å². The third-order valence-electron chi connectivity index (χ3n) is 3.89. The van der Waals surface area contributed by atoms with Crippen molar-refractivity contribution in [1.29, 1.82) is 0 Å². The lowest BCUT2D eigenvalue weighted by Gasteiger charge is -2.12. The van der Waals surface area contributed by atoms with E-state index in [1.165, 1.54) is 14.2 Å². The Morgan fingerprint density at radius 1 is 0.889 bits per heavy atom. The van der Waals surface area contributed by atoms with E-state index in [1.54, 1.807) is 54.6 Å². The van der Waals surface area contributed by atoms with E-state index in [9.17, 15) is 8.42 Å². The van der Waals surface area contributed by atoms with Crippen LogP contribution in [0.25, 0.3) is 11.3 Å². The highest BCUT2D eigenvalue weighted by Gasteiger charge is 2.20. The molecule has 3 aromatic rings. The highest BCUT2D eigenvalue weighted by molar-refractivity contribution is 7.92. The molecule has 1 heterocycles. The molecule has 0 atom stereocenters. The molecule has 0 spiro atoms. The number of benzene rings is 2. The normalized spacial score (nSPS) is 11.1. The van der Waals surface area contributed by atoms with Crippen LogP contribution in [0.2, 0.25) is 0 Å². The molecule has 1 aromatic heterocycles. The van der Waals surface area contributed by atoms with Gasteiger partial charge < -0.3 is 9.47 Å². The van der Waals surface area contributed by atoms with Crippen molar-refractivity contribution in [2.45, 2.75) is 11.8 Å². The molecule has 140 valence electrons. The fourth-order valence-corrected chi connectivity index (χ4v) is 3.81. The van der Waals surface area contributed by atoms with Crippen molar-refractivity contribution in [2.24, 2.45) is 0 Å². The second-order valence-corrected chi connectivity index (χ2v) is 7.45. The molecule has 8 heteroatoms. The predicted molar refractivity (Wildman–Crippen MR) is 103 cm³/mol.